The number of ether oxygens (including phenoxy) is 1. The molecule has 3 aromatic heterocycles. The molecular weight excluding hydrogens is 397 g/mol. The second-order valence-electron chi connectivity index (χ2n) is 8.30. The Morgan fingerprint density at radius 2 is 2.13 bits per heavy atom. The van der Waals surface area contributed by atoms with Crippen molar-refractivity contribution in [2.24, 2.45) is 5.92 Å². The van der Waals surface area contributed by atoms with E-state index in [1.54, 1.807) is 13.0 Å². The summed E-state index contributed by atoms with van der Waals surface area (Å²) in [4.78, 5) is 23.1. The van der Waals surface area contributed by atoms with Crippen molar-refractivity contribution in [1.82, 2.24) is 19.6 Å². The van der Waals surface area contributed by atoms with Crippen molar-refractivity contribution in [3.63, 3.8) is 0 Å². The van der Waals surface area contributed by atoms with E-state index in [1.165, 1.54) is 16.9 Å². The lowest BCUT2D eigenvalue weighted by Gasteiger charge is -2.27. The predicted molar refractivity (Wildman–Crippen MR) is 116 cm³/mol. The van der Waals surface area contributed by atoms with E-state index in [2.05, 4.69) is 33.8 Å². The molecule has 1 fully saturated rings. The summed E-state index contributed by atoms with van der Waals surface area (Å²) in [6.45, 7) is 7.20. The number of aromatic nitrogens is 4. The van der Waals surface area contributed by atoms with Crippen LogP contribution in [0.5, 0.6) is 0 Å². The third kappa shape index (κ3) is 4.38. The van der Waals surface area contributed by atoms with E-state index >= 15 is 0 Å². The molecule has 4 heterocycles. The second kappa shape index (κ2) is 8.99. The highest BCUT2D eigenvalue weighted by Gasteiger charge is 2.30. The van der Waals surface area contributed by atoms with Gasteiger partial charge in [0, 0.05) is 12.2 Å². The van der Waals surface area contributed by atoms with E-state index < -0.39 is 5.97 Å². The summed E-state index contributed by atoms with van der Waals surface area (Å²) < 4.78 is 20.8. The minimum absolute atomic E-state index is 0.00937. The van der Waals surface area contributed by atoms with Crippen molar-refractivity contribution in [3.05, 3.63) is 53.4 Å². The Bertz CT molecular complexity index is 1080. The van der Waals surface area contributed by atoms with Gasteiger partial charge >= 0.3 is 5.97 Å². The molecule has 4 rings (SSSR count). The van der Waals surface area contributed by atoms with Crippen molar-refractivity contribution < 1.29 is 13.9 Å². The van der Waals surface area contributed by atoms with Gasteiger partial charge in [-0.3, -0.25) is 4.98 Å². The highest BCUT2D eigenvalue weighted by Crippen LogP contribution is 2.37. The number of rotatable bonds is 7. The molecule has 8 heteroatoms. The lowest BCUT2D eigenvalue weighted by molar-refractivity contribution is 0.0516. The number of nitrogens with zero attached hydrogens (tertiary/aromatic N) is 5. The SMILES string of the molecule is CCOC(=O)c1cnc2ccc(N3CCCC3c3cc(F)cnc3CCC(C)C)nn12. The first kappa shape index (κ1) is 21.2. The fourth-order valence-corrected chi connectivity index (χ4v) is 4.13. The van der Waals surface area contributed by atoms with Gasteiger partial charge in [0.2, 0.25) is 0 Å². The molecular formula is C23H28FN5O2. The van der Waals surface area contributed by atoms with Gasteiger partial charge in [0.1, 0.15) is 11.6 Å². The van der Waals surface area contributed by atoms with Crippen LogP contribution in [0.15, 0.2) is 30.6 Å². The van der Waals surface area contributed by atoms with E-state index in [1.807, 2.05) is 12.1 Å². The molecule has 1 aliphatic heterocycles. The molecule has 0 aromatic carbocycles. The van der Waals surface area contributed by atoms with Crippen LogP contribution >= 0.6 is 0 Å². The Balaban J connectivity index is 1.69. The molecule has 31 heavy (non-hydrogen) atoms. The number of anilines is 1. The zero-order chi connectivity index (χ0) is 22.0. The lowest BCUT2D eigenvalue weighted by atomic mass is 9.97. The number of pyridine rings is 1. The summed E-state index contributed by atoms with van der Waals surface area (Å²) in [6.07, 6.45) is 6.47. The minimum Gasteiger partial charge on any atom is -0.461 e. The standard InChI is InChI=1S/C23H28FN5O2/c1-4-31-23(30)20-14-26-21-9-10-22(27-29(20)21)28-11-5-6-19(28)17-12-16(24)13-25-18(17)8-7-15(2)3/h9-10,12-15,19H,4-8,11H2,1-3H3. The lowest BCUT2D eigenvalue weighted by Crippen LogP contribution is -2.26. The molecule has 0 radical (unpaired) electrons. The first-order chi connectivity index (χ1) is 15.0. The molecule has 0 N–H and O–H groups in total. The molecule has 0 bridgehead atoms. The van der Waals surface area contributed by atoms with E-state index in [0.29, 0.717) is 17.3 Å². The third-order valence-corrected chi connectivity index (χ3v) is 5.67. The van der Waals surface area contributed by atoms with Crippen molar-refractivity contribution in [2.45, 2.75) is 52.5 Å². The van der Waals surface area contributed by atoms with Gasteiger partial charge in [0.15, 0.2) is 11.3 Å². The zero-order valence-corrected chi connectivity index (χ0v) is 18.2. The smallest absolute Gasteiger partial charge is 0.358 e. The summed E-state index contributed by atoms with van der Waals surface area (Å²) in [7, 11) is 0. The molecule has 0 spiro atoms. The number of hydrogen-bond acceptors (Lipinski definition) is 6. The quantitative estimate of drug-likeness (QED) is 0.524. The molecule has 0 aliphatic carbocycles. The Morgan fingerprint density at radius 1 is 1.29 bits per heavy atom. The third-order valence-electron chi connectivity index (χ3n) is 5.67. The Kier molecular flexibility index (Phi) is 6.15. The average Bonchev–Trinajstić information content (AvgIpc) is 3.39. The number of imidazole rings is 1. The molecule has 0 saturated carbocycles. The molecule has 1 aliphatic rings. The Labute approximate surface area is 181 Å². The van der Waals surface area contributed by atoms with Gasteiger partial charge < -0.3 is 9.64 Å². The van der Waals surface area contributed by atoms with Gasteiger partial charge in [-0.1, -0.05) is 13.8 Å². The largest absolute Gasteiger partial charge is 0.461 e. The Hall–Kier alpha value is -3.03. The van der Waals surface area contributed by atoms with E-state index in [0.717, 1.165) is 49.3 Å². The summed E-state index contributed by atoms with van der Waals surface area (Å²) in [5.41, 5.74) is 2.74. The average molecular weight is 426 g/mol. The minimum atomic E-state index is -0.456. The van der Waals surface area contributed by atoms with Crippen LogP contribution in [-0.2, 0) is 11.2 Å². The van der Waals surface area contributed by atoms with Crippen LogP contribution in [0.3, 0.4) is 0 Å². The number of aryl methyl sites for hydroxylation is 1. The summed E-state index contributed by atoms with van der Waals surface area (Å²) >= 11 is 0. The molecule has 164 valence electrons. The van der Waals surface area contributed by atoms with Gasteiger partial charge in [-0.2, -0.15) is 0 Å². The van der Waals surface area contributed by atoms with Crippen LogP contribution in [0.1, 0.15) is 67.8 Å². The Morgan fingerprint density at radius 3 is 2.90 bits per heavy atom. The van der Waals surface area contributed by atoms with Gasteiger partial charge in [-0.05, 0) is 62.3 Å². The number of carbonyl (C=O) groups is 1. The summed E-state index contributed by atoms with van der Waals surface area (Å²) in [6, 6.07) is 5.34. The van der Waals surface area contributed by atoms with Crippen molar-refractivity contribution in [1.29, 1.82) is 0 Å². The van der Waals surface area contributed by atoms with Crippen molar-refractivity contribution >= 4 is 17.4 Å². The normalized spacial score (nSPS) is 16.4. The van der Waals surface area contributed by atoms with Crippen LogP contribution in [0.4, 0.5) is 10.2 Å². The van der Waals surface area contributed by atoms with Crippen LogP contribution in [0.25, 0.3) is 5.65 Å². The topological polar surface area (TPSA) is 72.6 Å². The monoisotopic (exact) mass is 425 g/mol. The van der Waals surface area contributed by atoms with Crippen LogP contribution in [-0.4, -0.2) is 38.7 Å². The fourth-order valence-electron chi connectivity index (χ4n) is 4.13. The summed E-state index contributed by atoms with van der Waals surface area (Å²) in [5, 5.41) is 4.69. The number of esters is 1. The first-order valence-electron chi connectivity index (χ1n) is 10.9. The highest BCUT2D eigenvalue weighted by molar-refractivity contribution is 5.88. The van der Waals surface area contributed by atoms with Gasteiger partial charge in [-0.25, -0.2) is 18.7 Å². The highest BCUT2D eigenvalue weighted by atomic mass is 19.1. The number of carbonyl (C=O) groups excluding carboxylic acids is 1. The van der Waals surface area contributed by atoms with E-state index in [-0.39, 0.29) is 18.5 Å². The van der Waals surface area contributed by atoms with Gasteiger partial charge in [-0.15, -0.1) is 5.10 Å². The molecule has 0 amide bonds. The second-order valence-corrected chi connectivity index (χ2v) is 8.30. The maximum atomic E-state index is 14.1. The van der Waals surface area contributed by atoms with Gasteiger partial charge in [0.25, 0.3) is 0 Å². The summed E-state index contributed by atoms with van der Waals surface area (Å²) in [5.74, 6) is 0.490. The predicted octanol–water partition coefficient (Wildman–Crippen LogP) is 4.37. The zero-order valence-electron chi connectivity index (χ0n) is 18.2. The van der Waals surface area contributed by atoms with Crippen LogP contribution in [0, 0.1) is 11.7 Å². The molecule has 1 atom stereocenters. The van der Waals surface area contributed by atoms with Crippen LogP contribution < -0.4 is 4.90 Å². The first-order valence-corrected chi connectivity index (χ1v) is 10.9. The van der Waals surface area contributed by atoms with E-state index in [4.69, 9.17) is 4.74 Å². The maximum absolute atomic E-state index is 14.1. The molecule has 7 nitrogen and oxygen atoms in total. The molecule has 1 unspecified atom stereocenters. The molecule has 1 saturated heterocycles. The maximum Gasteiger partial charge on any atom is 0.358 e. The number of halogens is 1. The van der Waals surface area contributed by atoms with E-state index in [9.17, 15) is 9.18 Å². The van der Waals surface area contributed by atoms with Gasteiger partial charge in [0.05, 0.1) is 25.0 Å². The number of fused-ring (bicyclic) bond motifs is 1. The number of hydrogen-bond donors (Lipinski definition) is 0. The molecule has 3 aromatic rings. The fraction of sp³-hybridized carbons (Fsp3) is 0.478. The van der Waals surface area contributed by atoms with Crippen LogP contribution in [0.2, 0.25) is 0 Å². The van der Waals surface area contributed by atoms with Crippen molar-refractivity contribution in [2.75, 3.05) is 18.1 Å². The van der Waals surface area contributed by atoms with Crippen molar-refractivity contribution in [3.8, 4) is 0 Å².